The number of ether oxygens (including phenoxy) is 1. The Morgan fingerprint density at radius 3 is 2.93 bits per heavy atom. The van der Waals surface area contributed by atoms with E-state index in [-0.39, 0.29) is 5.91 Å². The summed E-state index contributed by atoms with van der Waals surface area (Å²) in [5.74, 6) is 0.247. The molecule has 1 amide bonds. The summed E-state index contributed by atoms with van der Waals surface area (Å²) in [5, 5.41) is 0. The van der Waals surface area contributed by atoms with Crippen molar-refractivity contribution in [2.45, 2.75) is 19.4 Å². The molecule has 4 heteroatoms. The van der Waals surface area contributed by atoms with E-state index in [0.717, 1.165) is 32.6 Å². The molecule has 0 bridgehead atoms. The second kappa shape index (κ2) is 4.49. The Labute approximate surface area is 89.0 Å². The smallest absolute Gasteiger partial charge is 0.265 e. The van der Waals surface area contributed by atoms with Gasteiger partial charge in [-0.25, -0.2) is 0 Å². The molecule has 0 saturated carbocycles. The van der Waals surface area contributed by atoms with Crippen LogP contribution >= 0.6 is 0 Å². The second-order valence-electron chi connectivity index (χ2n) is 3.97. The fourth-order valence-electron chi connectivity index (χ4n) is 2.00. The maximum Gasteiger partial charge on any atom is 0.265 e. The highest BCUT2D eigenvalue weighted by atomic mass is 16.5. The number of nitrogens with zero attached hydrogens (tertiary/aromatic N) is 1. The fraction of sp³-hybridized carbons (Fsp3) is 0.545. The van der Waals surface area contributed by atoms with Crippen LogP contribution in [-0.2, 0) is 11.3 Å². The van der Waals surface area contributed by atoms with Gasteiger partial charge in [0.2, 0.25) is 0 Å². The number of hydrogen-bond donors (Lipinski definition) is 1. The number of hydrogen-bond acceptors (Lipinski definition) is 2. The molecule has 2 heterocycles. The molecule has 4 nitrogen and oxygen atoms in total. The third-order valence-electron chi connectivity index (χ3n) is 2.88. The van der Waals surface area contributed by atoms with Crippen molar-refractivity contribution in [3.05, 3.63) is 24.0 Å². The van der Waals surface area contributed by atoms with Crippen molar-refractivity contribution in [1.29, 1.82) is 0 Å². The highest BCUT2D eigenvalue weighted by molar-refractivity contribution is 5.91. The molecule has 1 aromatic rings. The van der Waals surface area contributed by atoms with Crippen LogP contribution in [0.25, 0.3) is 0 Å². The lowest BCUT2D eigenvalue weighted by Gasteiger charge is -2.23. The Morgan fingerprint density at radius 2 is 2.27 bits per heavy atom. The van der Waals surface area contributed by atoms with Gasteiger partial charge in [-0.1, -0.05) is 0 Å². The maximum atomic E-state index is 11.1. The molecule has 1 aromatic heterocycles. The Kier molecular flexibility index (Phi) is 3.06. The summed E-state index contributed by atoms with van der Waals surface area (Å²) in [6.45, 7) is 2.53. The van der Waals surface area contributed by atoms with Crippen LogP contribution in [0.5, 0.6) is 0 Å². The van der Waals surface area contributed by atoms with Crippen LogP contribution in [0.2, 0.25) is 0 Å². The van der Waals surface area contributed by atoms with Gasteiger partial charge in [0, 0.05) is 26.0 Å². The quantitative estimate of drug-likeness (QED) is 0.806. The van der Waals surface area contributed by atoms with E-state index in [1.54, 1.807) is 6.07 Å². The molecule has 0 radical (unpaired) electrons. The summed E-state index contributed by atoms with van der Waals surface area (Å²) < 4.78 is 7.24. The summed E-state index contributed by atoms with van der Waals surface area (Å²) in [4.78, 5) is 11.1. The molecule has 1 fully saturated rings. The highest BCUT2D eigenvalue weighted by Crippen LogP contribution is 2.18. The van der Waals surface area contributed by atoms with Gasteiger partial charge in [-0.3, -0.25) is 4.79 Å². The molecule has 2 N–H and O–H groups in total. The average molecular weight is 208 g/mol. The van der Waals surface area contributed by atoms with Gasteiger partial charge in [0.15, 0.2) is 0 Å². The number of aromatic nitrogens is 1. The molecule has 0 atom stereocenters. The molecule has 0 unspecified atom stereocenters. The van der Waals surface area contributed by atoms with Gasteiger partial charge in [-0.2, -0.15) is 0 Å². The van der Waals surface area contributed by atoms with E-state index in [1.807, 2.05) is 16.8 Å². The minimum atomic E-state index is -0.355. The topological polar surface area (TPSA) is 57.2 Å². The zero-order valence-corrected chi connectivity index (χ0v) is 8.69. The van der Waals surface area contributed by atoms with Crippen LogP contribution in [0.15, 0.2) is 18.3 Å². The first-order chi connectivity index (χ1) is 7.27. The second-order valence-corrected chi connectivity index (χ2v) is 3.97. The molecule has 0 aliphatic carbocycles. The van der Waals surface area contributed by atoms with Crippen LogP contribution in [0.4, 0.5) is 0 Å². The zero-order chi connectivity index (χ0) is 10.7. The zero-order valence-electron chi connectivity index (χ0n) is 8.69. The van der Waals surface area contributed by atoms with Crippen molar-refractivity contribution >= 4 is 5.91 Å². The van der Waals surface area contributed by atoms with E-state index < -0.39 is 0 Å². The lowest BCUT2D eigenvalue weighted by molar-refractivity contribution is 0.0609. The molecular formula is C11H16N2O2. The van der Waals surface area contributed by atoms with Crippen LogP contribution in [0, 0.1) is 5.92 Å². The van der Waals surface area contributed by atoms with Gasteiger partial charge in [0.05, 0.1) is 0 Å². The number of primary amides is 1. The molecule has 15 heavy (non-hydrogen) atoms. The first-order valence-electron chi connectivity index (χ1n) is 5.30. The first kappa shape index (κ1) is 10.2. The summed E-state index contributed by atoms with van der Waals surface area (Å²) >= 11 is 0. The van der Waals surface area contributed by atoms with Crippen LogP contribution in [0.3, 0.4) is 0 Å². The highest BCUT2D eigenvalue weighted by Gasteiger charge is 2.16. The number of rotatable bonds is 3. The Morgan fingerprint density at radius 1 is 1.53 bits per heavy atom. The van der Waals surface area contributed by atoms with Gasteiger partial charge in [-0.15, -0.1) is 0 Å². The van der Waals surface area contributed by atoms with Gasteiger partial charge in [0.1, 0.15) is 5.69 Å². The Balaban J connectivity index is 2.03. The minimum absolute atomic E-state index is 0.355. The summed E-state index contributed by atoms with van der Waals surface area (Å²) in [6.07, 6.45) is 4.04. The van der Waals surface area contributed by atoms with E-state index in [1.165, 1.54) is 0 Å². The van der Waals surface area contributed by atoms with E-state index >= 15 is 0 Å². The van der Waals surface area contributed by atoms with Crippen molar-refractivity contribution in [1.82, 2.24) is 4.57 Å². The van der Waals surface area contributed by atoms with Gasteiger partial charge in [-0.05, 0) is 30.9 Å². The molecular weight excluding hydrogens is 192 g/mol. The summed E-state index contributed by atoms with van der Waals surface area (Å²) in [6, 6.07) is 3.63. The van der Waals surface area contributed by atoms with Crippen molar-refractivity contribution in [2.75, 3.05) is 13.2 Å². The van der Waals surface area contributed by atoms with Crippen LogP contribution in [0.1, 0.15) is 23.3 Å². The molecule has 1 aliphatic heterocycles. The Hall–Kier alpha value is -1.29. The molecule has 0 aromatic carbocycles. The molecule has 1 aliphatic rings. The standard InChI is InChI=1S/C11H16N2O2/c12-11(14)10-2-1-5-13(10)8-9-3-6-15-7-4-9/h1-2,5,9H,3-4,6-8H2,(H2,12,14). The maximum absolute atomic E-state index is 11.1. The lowest BCUT2D eigenvalue weighted by atomic mass is 10.0. The first-order valence-corrected chi connectivity index (χ1v) is 5.30. The van der Waals surface area contributed by atoms with Gasteiger partial charge in [0.25, 0.3) is 5.91 Å². The summed E-state index contributed by atoms with van der Waals surface area (Å²) in [5.41, 5.74) is 5.88. The molecule has 82 valence electrons. The van der Waals surface area contributed by atoms with Crippen LogP contribution < -0.4 is 5.73 Å². The third-order valence-corrected chi connectivity index (χ3v) is 2.88. The van der Waals surface area contributed by atoms with E-state index in [4.69, 9.17) is 10.5 Å². The lowest BCUT2D eigenvalue weighted by Crippen LogP contribution is -2.23. The van der Waals surface area contributed by atoms with Crippen molar-refractivity contribution in [3.8, 4) is 0 Å². The predicted octanol–water partition coefficient (Wildman–Crippen LogP) is 1.01. The number of nitrogens with two attached hydrogens (primary N) is 1. The fourth-order valence-corrected chi connectivity index (χ4v) is 2.00. The van der Waals surface area contributed by atoms with Crippen molar-refractivity contribution < 1.29 is 9.53 Å². The van der Waals surface area contributed by atoms with E-state index in [9.17, 15) is 4.79 Å². The van der Waals surface area contributed by atoms with Crippen LogP contribution in [-0.4, -0.2) is 23.7 Å². The normalized spacial score (nSPS) is 17.9. The third kappa shape index (κ3) is 2.39. The van der Waals surface area contributed by atoms with E-state index in [2.05, 4.69) is 0 Å². The van der Waals surface area contributed by atoms with Gasteiger partial charge < -0.3 is 15.0 Å². The molecule has 2 rings (SSSR count). The SMILES string of the molecule is NC(=O)c1cccn1CC1CCOCC1. The average Bonchev–Trinajstić information content (AvgIpc) is 2.67. The largest absolute Gasteiger partial charge is 0.381 e. The molecule has 1 saturated heterocycles. The summed E-state index contributed by atoms with van der Waals surface area (Å²) in [7, 11) is 0. The van der Waals surface area contributed by atoms with Crippen molar-refractivity contribution in [3.63, 3.8) is 0 Å². The van der Waals surface area contributed by atoms with Crippen molar-refractivity contribution in [2.24, 2.45) is 11.7 Å². The number of carbonyl (C=O) groups excluding carboxylic acids is 1. The number of carbonyl (C=O) groups is 1. The minimum Gasteiger partial charge on any atom is -0.381 e. The Bertz CT molecular complexity index is 340. The van der Waals surface area contributed by atoms with E-state index in [0.29, 0.717) is 11.6 Å². The number of amides is 1. The molecule has 0 spiro atoms. The van der Waals surface area contributed by atoms with Gasteiger partial charge >= 0.3 is 0 Å². The monoisotopic (exact) mass is 208 g/mol. The predicted molar refractivity (Wildman–Crippen MR) is 56.5 cm³/mol.